The molecule has 0 spiro atoms. The normalized spacial score (nSPS) is 10.9. The molecule has 0 saturated carbocycles. The van der Waals surface area contributed by atoms with E-state index in [1.807, 2.05) is 35.8 Å². The van der Waals surface area contributed by atoms with Gasteiger partial charge in [0.15, 0.2) is 5.13 Å². The number of thiazole rings is 1. The molecule has 2 heterocycles. The van der Waals surface area contributed by atoms with Gasteiger partial charge in [-0.15, -0.1) is 11.3 Å². The van der Waals surface area contributed by atoms with Crippen LogP contribution in [0.4, 0.5) is 15.2 Å². The Hall–Kier alpha value is -2.35. The lowest BCUT2D eigenvalue weighted by molar-refractivity contribution is 0.602. The van der Waals surface area contributed by atoms with E-state index >= 15 is 0 Å². The molecule has 2 aromatic carbocycles. The third-order valence-corrected chi connectivity index (χ3v) is 5.90. The third kappa shape index (κ3) is 4.16. The fourth-order valence-electron chi connectivity index (χ4n) is 2.64. The maximum atomic E-state index is 14.5. The Morgan fingerprint density at radius 2 is 2.11 bits per heavy atom. The van der Waals surface area contributed by atoms with Crippen LogP contribution in [0.5, 0.6) is 0 Å². The van der Waals surface area contributed by atoms with Crippen molar-refractivity contribution in [1.82, 2.24) is 9.97 Å². The lowest BCUT2D eigenvalue weighted by atomic mass is 10.1. The van der Waals surface area contributed by atoms with Crippen LogP contribution in [-0.2, 0) is 6.54 Å². The van der Waals surface area contributed by atoms with E-state index in [2.05, 4.69) is 20.0 Å². The highest BCUT2D eigenvalue weighted by molar-refractivity contribution is 8.00. The number of hydrogen-bond acceptors (Lipinski definition) is 6. The van der Waals surface area contributed by atoms with Crippen LogP contribution < -0.4 is 10.0 Å². The van der Waals surface area contributed by atoms with Gasteiger partial charge in [-0.2, -0.15) is 0 Å². The summed E-state index contributed by atoms with van der Waals surface area (Å²) in [5, 5.41) is 8.41. The minimum Gasteiger partial charge on any atom is -0.380 e. The summed E-state index contributed by atoms with van der Waals surface area (Å²) in [5.74, 6) is -0.351. The van der Waals surface area contributed by atoms with Crippen molar-refractivity contribution in [3.05, 3.63) is 76.8 Å². The zero-order valence-electron chi connectivity index (χ0n) is 13.9. The van der Waals surface area contributed by atoms with E-state index in [1.54, 1.807) is 18.5 Å². The van der Waals surface area contributed by atoms with Crippen LogP contribution in [0.3, 0.4) is 0 Å². The standard InChI is InChI=1S/C19H14ClFN4S2/c20-15-8-18(27-25-19-23-6-7-26-19)16(21)9-17(15)24-10-13-3-1-2-12-4-5-22-11-14(12)13/h1-9,11,24H,10H2,(H,23,25). The summed E-state index contributed by atoms with van der Waals surface area (Å²) in [7, 11) is 0. The fraction of sp³-hybridized carbons (Fsp3) is 0.0526. The van der Waals surface area contributed by atoms with Gasteiger partial charge < -0.3 is 10.0 Å². The van der Waals surface area contributed by atoms with E-state index in [0.717, 1.165) is 28.3 Å². The molecular weight excluding hydrogens is 403 g/mol. The van der Waals surface area contributed by atoms with Crippen LogP contribution in [0.2, 0.25) is 5.02 Å². The molecule has 0 aliphatic rings. The number of anilines is 2. The third-order valence-electron chi connectivity index (χ3n) is 3.95. The summed E-state index contributed by atoms with van der Waals surface area (Å²) in [6.45, 7) is 0.520. The highest BCUT2D eigenvalue weighted by Gasteiger charge is 2.11. The zero-order valence-corrected chi connectivity index (χ0v) is 16.3. The highest BCUT2D eigenvalue weighted by atomic mass is 35.5. The number of rotatable bonds is 6. The van der Waals surface area contributed by atoms with Gasteiger partial charge in [0.1, 0.15) is 5.82 Å². The van der Waals surface area contributed by atoms with E-state index in [9.17, 15) is 4.39 Å². The van der Waals surface area contributed by atoms with Gasteiger partial charge in [-0.25, -0.2) is 9.37 Å². The van der Waals surface area contributed by atoms with Crippen LogP contribution in [0.15, 0.2) is 65.3 Å². The largest absolute Gasteiger partial charge is 0.380 e. The Morgan fingerprint density at radius 3 is 2.96 bits per heavy atom. The fourth-order valence-corrected chi connectivity index (χ4v) is 4.20. The van der Waals surface area contributed by atoms with Gasteiger partial charge in [-0.05, 0) is 41.1 Å². The molecule has 0 bridgehead atoms. The number of benzene rings is 2. The molecule has 2 aromatic heterocycles. The zero-order chi connectivity index (χ0) is 18.6. The van der Waals surface area contributed by atoms with Crippen molar-refractivity contribution in [2.24, 2.45) is 0 Å². The van der Waals surface area contributed by atoms with Gasteiger partial charge in [0.05, 0.1) is 15.6 Å². The smallest absolute Gasteiger partial charge is 0.192 e. The van der Waals surface area contributed by atoms with Gasteiger partial charge >= 0.3 is 0 Å². The van der Waals surface area contributed by atoms with E-state index in [-0.39, 0.29) is 5.82 Å². The monoisotopic (exact) mass is 416 g/mol. The first-order valence-corrected chi connectivity index (χ1v) is 10.1. The van der Waals surface area contributed by atoms with E-state index in [0.29, 0.717) is 27.3 Å². The summed E-state index contributed by atoms with van der Waals surface area (Å²) in [6, 6.07) is 11.0. The van der Waals surface area contributed by atoms with E-state index in [4.69, 9.17) is 11.6 Å². The summed E-state index contributed by atoms with van der Waals surface area (Å²) < 4.78 is 17.5. The number of nitrogens with zero attached hydrogens (tertiary/aromatic N) is 2. The molecule has 4 nitrogen and oxygen atoms in total. The summed E-state index contributed by atoms with van der Waals surface area (Å²) in [5.41, 5.74) is 1.62. The molecule has 0 fully saturated rings. The first-order chi connectivity index (χ1) is 13.2. The maximum Gasteiger partial charge on any atom is 0.192 e. The van der Waals surface area contributed by atoms with Crippen LogP contribution in [0, 0.1) is 5.82 Å². The molecule has 8 heteroatoms. The minimum absolute atomic E-state index is 0.351. The molecule has 136 valence electrons. The highest BCUT2D eigenvalue weighted by Crippen LogP contribution is 2.32. The molecule has 27 heavy (non-hydrogen) atoms. The first-order valence-electron chi connectivity index (χ1n) is 8.07. The van der Waals surface area contributed by atoms with Crippen molar-refractivity contribution in [2.45, 2.75) is 11.4 Å². The average Bonchev–Trinajstić information content (AvgIpc) is 3.21. The van der Waals surface area contributed by atoms with Crippen molar-refractivity contribution in [1.29, 1.82) is 0 Å². The maximum absolute atomic E-state index is 14.5. The quantitative estimate of drug-likeness (QED) is 0.365. The number of halogens is 2. The Morgan fingerprint density at radius 1 is 1.19 bits per heavy atom. The molecule has 0 amide bonds. The molecule has 0 atom stereocenters. The van der Waals surface area contributed by atoms with Crippen molar-refractivity contribution in [3.8, 4) is 0 Å². The molecule has 0 radical (unpaired) electrons. The van der Waals surface area contributed by atoms with Crippen LogP contribution >= 0.6 is 34.9 Å². The molecule has 0 aliphatic heterocycles. The van der Waals surface area contributed by atoms with Crippen LogP contribution in [0.25, 0.3) is 10.8 Å². The predicted octanol–water partition coefficient (Wildman–Crippen LogP) is 6.22. The van der Waals surface area contributed by atoms with Gasteiger partial charge in [0, 0.05) is 35.9 Å². The summed E-state index contributed by atoms with van der Waals surface area (Å²) in [6.07, 6.45) is 5.28. The van der Waals surface area contributed by atoms with E-state index < -0.39 is 0 Å². The Balaban J connectivity index is 1.49. The molecule has 4 aromatic rings. The van der Waals surface area contributed by atoms with Gasteiger partial charge in [-0.3, -0.25) is 4.98 Å². The number of pyridine rings is 1. The number of nitrogens with one attached hydrogen (secondary N) is 2. The number of aromatic nitrogens is 2. The van der Waals surface area contributed by atoms with Gasteiger partial charge in [0.25, 0.3) is 0 Å². The molecule has 0 aliphatic carbocycles. The van der Waals surface area contributed by atoms with Crippen LogP contribution in [-0.4, -0.2) is 9.97 Å². The van der Waals surface area contributed by atoms with E-state index in [1.165, 1.54) is 17.4 Å². The number of hydrogen-bond donors (Lipinski definition) is 2. The Labute approximate surface area is 168 Å². The summed E-state index contributed by atoms with van der Waals surface area (Å²) in [4.78, 5) is 8.70. The lowest BCUT2D eigenvalue weighted by Gasteiger charge is -2.12. The molecular formula is C19H14ClFN4S2. The van der Waals surface area contributed by atoms with Crippen molar-refractivity contribution in [2.75, 3.05) is 10.0 Å². The topological polar surface area (TPSA) is 49.8 Å². The van der Waals surface area contributed by atoms with Crippen molar-refractivity contribution >= 4 is 56.5 Å². The molecule has 2 N–H and O–H groups in total. The second-order valence-electron chi connectivity index (χ2n) is 5.67. The van der Waals surface area contributed by atoms with Gasteiger partial charge in [0.2, 0.25) is 0 Å². The molecule has 4 rings (SSSR count). The SMILES string of the molecule is Fc1cc(NCc2cccc3ccncc23)c(Cl)cc1SNc1nccs1. The van der Waals surface area contributed by atoms with Crippen molar-refractivity contribution < 1.29 is 4.39 Å². The minimum atomic E-state index is -0.351. The molecule has 0 saturated heterocycles. The second-order valence-corrected chi connectivity index (χ2v) is 7.82. The predicted molar refractivity (Wildman–Crippen MR) is 112 cm³/mol. The Kier molecular flexibility index (Phi) is 5.42. The first kappa shape index (κ1) is 18.0. The van der Waals surface area contributed by atoms with Gasteiger partial charge in [-0.1, -0.05) is 29.8 Å². The number of fused-ring (bicyclic) bond motifs is 1. The Bertz CT molecular complexity index is 1070. The average molecular weight is 417 g/mol. The second kappa shape index (κ2) is 8.12. The molecule has 0 unspecified atom stereocenters. The van der Waals surface area contributed by atoms with Crippen LogP contribution in [0.1, 0.15) is 5.56 Å². The summed E-state index contributed by atoms with van der Waals surface area (Å²) >= 11 is 8.94. The van der Waals surface area contributed by atoms with Crippen molar-refractivity contribution in [3.63, 3.8) is 0 Å². The lowest BCUT2D eigenvalue weighted by Crippen LogP contribution is -2.02.